The van der Waals surface area contributed by atoms with E-state index < -0.39 is 29.6 Å². The molecule has 0 aliphatic carbocycles. The molecule has 0 spiro atoms. The Kier molecular flexibility index (Phi) is 5.30. The van der Waals surface area contributed by atoms with Crippen molar-refractivity contribution in [2.24, 2.45) is 5.73 Å². The molecule has 0 saturated carbocycles. The summed E-state index contributed by atoms with van der Waals surface area (Å²) >= 11 is 0. The highest BCUT2D eigenvalue weighted by molar-refractivity contribution is 6.07. The van der Waals surface area contributed by atoms with Crippen LogP contribution in [-0.4, -0.2) is 22.8 Å². The molecule has 0 saturated heterocycles. The van der Waals surface area contributed by atoms with Crippen LogP contribution in [0.2, 0.25) is 0 Å². The minimum atomic E-state index is -4.58. The molecule has 0 unspecified atom stereocenters. The molecule has 28 heavy (non-hydrogen) atoms. The topological polar surface area (TPSA) is 85.1 Å². The maximum absolute atomic E-state index is 13.2. The number of nitrogens with zero attached hydrogens (tertiary/aromatic N) is 1. The van der Waals surface area contributed by atoms with Crippen molar-refractivity contribution in [1.29, 1.82) is 0 Å². The fourth-order valence-corrected chi connectivity index (χ4v) is 2.95. The van der Waals surface area contributed by atoms with Crippen LogP contribution >= 0.6 is 0 Å². The fraction of sp³-hybridized carbons (Fsp3) is 0.150. The van der Waals surface area contributed by atoms with Gasteiger partial charge in [0.25, 0.3) is 5.91 Å². The lowest BCUT2D eigenvalue weighted by molar-refractivity contribution is -0.138. The van der Waals surface area contributed by atoms with Crippen LogP contribution in [0.15, 0.2) is 60.8 Å². The van der Waals surface area contributed by atoms with E-state index in [0.717, 1.165) is 6.07 Å². The number of carbonyl (C=O) groups is 2. The Hall–Kier alpha value is -3.42. The van der Waals surface area contributed by atoms with Crippen molar-refractivity contribution in [3.63, 3.8) is 0 Å². The molecule has 1 atom stereocenters. The standard InChI is InChI=1S/C20H16F3N3O2/c21-20(22,23)15-7-3-1-5-12(15)11-17(18(24)27)26-19(28)14-9-10-25-16-8-4-2-6-13(14)16/h1-10,17H,11H2,(H2,24,27)(H,26,28)/t17-/m1/s1. The summed E-state index contributed by atoms with van der Waals surface area (Å²) in [6.45, 7) is 0. The van der Waals surface area contributed by atoms with Gasteiger partial charge in [0, 0.05) is 18.0 Å². The second-order valence-electron chi connectivity index (χ2n) is 6.16. The minimum Gasteiger partial charge on any atom is -0.368 e. The Balaban J connectivity index is 1.89. The maximum atomic E-state index is 13.2. The van der Waals surface area contributed by atoms with Crippen molar-refractivity contribution >= 4 is 22.7 Å². The van der Waals surface area contributed by atoms with Crippen LogP contribution in [0.25, 0.3) is 10.9 Å². The van der Waals surface area contributed by atoms with Crippen LogP contribution in [0, 0.1) is 0 Å². The zero-order chi connectivity index (χ0) is 20.3. The van der Waals surface area contributed by atoms with Gasteiger partial charge in [-0.25, -0.2) is 0 Å². The van der Waals surface area contributed by atoms with Crippen LogP contribution in [-0.2, 0) is 17.4 Å². The highest BCUT2D eigenvalue weighted by atomic mass is 19.4. The molecule has 2 aromatic carbocycles. The van der Waals surface area contributed by atoms with Crippen LogP contribution in [0.4, 0.5) is 13.2 Å². The Bertz CT molecular complexity index is 1030. The number of aromatic nitrogens is 1. The van der Waals surface area contributed by atoms with Crippen LogP contribution in [0.5, 0.6) is 0 Å². The predicted octanol–water partition coefficient (Wildman–Crippen LogP) is 3.08. The number of fused-ring (bicyclic) bond motifs is 1. The summed E-state index contributed by atoms with van der Waals surface area (Å²) in [6.07, 6.45) is -3.51. The Morgan fingerprint density at radius 1 is 1.04 bits per heavy atom. The highest BCUT2D eigenvalue weighted by Gasteiger charge is 2.34. The molecule has 3 aromatic rings. The van der Waals surface area contributed by atoms with E-state index in [4.69, 9.17) is 5.73 Å². The van der Waals surface area contributed by atoms with Gasteiger partial charge < -0.3 is 11.1 Å². The Labute approximate surface area is 158 Å². The first-order chi connectivity index (χ1) is 13.3. The zero-order valence-corrected chi connectivity index (χ0v) is 14.5. The van der Waals surface area contributed by atoms with Crippen molar-refractivity contribution in [2.75, 3.05) is 0 Å². The number of halogens is 3. The number of para-hydroxylation sites is 1. The van der Waals surface area contributed by atoms with Crippen LogP contribution in [0.3, 0.4) is 0 Å². The SMILES string of the molecule is NC(=O)[C@@H](Cc1ccccc1C(F)(F)F)NC(=O)c1ccnc2ccccc12. The van der Waals surface area contributed by atoms with Crippen molar-refractivity contribution in [1.82, 2.24) is 10.3 Å². The quantitative estimate of drug-likeness (QED) is 0.706. The first-order valence-electron chi connectivity index (χ1n) is 8.36. The first-order valence-corrected chi connectivity index (χ1v) is 8.36. The van der Waals surface area contributed by atoms with E-state index in [1.165, 1.54) is 30.5 Å². The molecule has 0 radical (unpaired) electrons. The van der Waals surface area contributed by atoms with E-state index in [0.29, 0.717) is 10.9 Å². The Morgan fingerprint density at radius 3 is 2.43 bits per heavy atom. The summed E-state index contributed by atoms with van der Waals surface area (Å²) in [4.78, 5) is 28.6. The van der Waals surface area contributed by atoms with Gasteiger partial charge in [0.2, 0.25) is 5.91 Å². The fourth-order valence-electron chi connectivity index (χ4n) is 2.95. The Morgan fingerprint density at radius 2 is 1.71 bits per heavy atom. The number of benzene rings is 2. The smallest absolute Gasteiger partial charge is 0.368 e. The van der Waals surface area contributed by atoms with Crippen molar-refractivity contribution in [3.8, 4) is 0 Å². The number of pyridine rings is 1. The van der Waals surface area contributed by atoms with Gasteiger partial charge in [-0.15, -0.1) is 0 Å². The van der Waals surface area contributed by atoms with Gasteiger partial charge in [0.15, 0.2) is 0 Å². The molecule has 8 heteroatoms. The lowest BCUT2D eigenvalue weighted by Crippen LogP contribution is -2.46. The van der Waals surface area contributed by atoms with E-state index in [1.807, 2.05) is 0 Å². The molecule has 3 N–H and O–H groups in total. The van der Waals surface area contributed by atoms with Gasteiger partial charge >= 0.3 is 6.18 Å². The van der Waals surface area contributed by atoms with Gasteiger partial charge in [-0.1, -0.05) is 36.4 Å². The molecule has 5 nitrogen and oxygen atoms in total. The molecule has 0 fully saturated rings. The number of primary amides is 1. The molecule has 1 aromatic heterocycles. The lowest BCUT2D eigenvalue weighted by atomic mass is 9.99. The van der Waals surface area contributed by atoms with E-state index in [1.54, 1.807) is 24.3 Å². The molecule has 144 valence electrons. The number of nitrogens with one attached hydrogen (secondary N) is 1. The summed E-state index contributed by atoms with van der Waals surface area (Å²) in [5.41, 5.74) is 5.17. The number of alkyl halides is 3. The summed E-state index contributed by atoms with van der Waals surface area (Å²) < 4.78 is 39.6. The van der Waals surface area contributed by atoms with E-state index in [2.05, 4.69) is 10.3 Å². The van der Waals surface area contributed by atoms with Gasteiger partial charge in [0.1, 0.15) is 6.04 Å². The third-order valence-electron chi connectivity index (χ3n) is 4.29. The number of hydrogen-bond donors (Lipinski definition) is 2. The normalized spacial score (nSPS) is 12.5. The lowest BCUT2D eigenvalue weighted by Gasteiger charge is -2.19. The number of nitrogens with two attached hydrogens (primary N) is 1. The van der Waals surface area contributed by atoms with Crippen molar-refractivity contribution in [3.05, 3.63) is 77.5 Å². The van der Waals surface area contributed by atoms with Gasteiger partial charge in [-0.3, -0.25) is 14.6 Å². The van der Waals surface area contributed by atoms with E-state index >= 15 is 0 Å². The minimum absolute atomic E-state index is 0.126. The summed E-state index contributed by atoms with van der Waals surface area (Å²) in [5, 5.41) is 3.00. The van der Waals surface area contributed by atoms with Gasteiger partial charge in [-0.05, 0) is 23.8 Å². The monoisotopic (exact) mass is 387 g/mol. The molecular weight excluding hydrogens is 371 g/mol. The maximum Gasteiger partial charge on any atom is 0.416 e. The predicted molar refractivity (Wildman–Crippen MR) is 97.3 cm³/mol. The molecule has 2 amide bonds. The number of rotatable bonds is 5. The molecule has 0 bridgehead atoms. The van der Waals surface area contributed by atoms with E-state index in [-0.39, 0.29) is 17.5 Å². The number of carbonyl (C=O) groups excluding carboxylic acids is 2. The van der Waals surface area contributed by atoms with Gasteiger partial charge in [-0.2, -0.15) is 13.2 Å². The van der Waals surface area contributed by atoms with E-state index in [9.17, 15) is 22.8 Å². The highest BCUT2D eigenvalue weighted by Crippen LogP contribution is 2.32. The average molecular weight is 387 g/mol. The first kappa shape index (κ1) is 19.3. The van der Waals surface area contributed by atoms with Crippen molar-refractivity contribution in [2.45, 2.75) is 18.6 Å². The largest absolute Gasteiger partial charge is 0.416 e. The third-order valence-corrected chi connectivity index (χ3v) is 4.29. The van der Waals surface area contributed by atoms with Crippen LogP contribution in [0.1, 0.15) is 21.5 Å². The van der Waals surface area contributed by atoms with Gasteiger partial charge in [0.05, 0.1) is 16.6 Å². The van der Waals surface area contributed by atoms with Crippen LogP contribution < -0.4 is 11.1 Å². The molecule has 1 heterocycles. The molecule has 0 aliphatic rings. The second-order valence-corrected chi connectivity index (χ2v) is 6.16. The zero-order valence-electron chi connectivity index (χ0n) is 14.5. The summed E-state index contributed by atoms with van der Waals surface area (Å²) in [7, 11) is 0. The number of amides is 2. The summed E-state index contributed by atoms with van der Waals surface area (Å²) in [5.74, 6) is -1.55. The summed E-state index contributed by atoms with van der Waals surface area (Å²) in [6, 6.07) is 11.9. The molecule has 3 rings (SSSR count). The third kappa shape index (κ3) is 4.11. The number of hydrogen-bond acceptors (Lipinski definition) is 3. The average Bonchev–Trinajstić information content (AvgIpc) is 2.66. The second kappa shape index (κ2) is 7.67. The molecule has 0 aliphatic heterocycles. The molecular formula is C20H16F3N3O2. The van der Waals surface area contributed by atoms with Crippen molar-refractivity contribution < 1.29 is 22.8 Å².